The molecule has 0 saturated carbocycles. The van der Waals surface area contributed by atoms with Crippen LogP contribution in [0.15, 0.2) is 47.3 Å². The van der Waals surface area contributed by atoms with Crippen LogP contribution in [0.2, 0.25) is 5.02 Å². The second-order valence-corrected chi connectivity index (χ2v) is 5.47. The van der Waals surface area contributed by atoms with Gasteiger partial charge in [-0.25, -0.2) is 9.78 Å². The Bertz CT molecular complexity index is 985. The smallest absolute Gasteiger partial charge is 0.416 e. The van der Waals surface area contributed by atoms with E-state index in [4.69, 9.17) is 11.6 Å². The zero-order valence-corrected chi connectivity index (χ0v) is 13.1. The summed E-state index contributed by atoms with van der Waals surface area (Å²) in [4.78, 5) is 22.0. The zero-order valence-electron chi connectivity index (χ0n) is 12.3. The third kappa shape index (κ3) is 3.63. The summed E-state index contributed by atoms with van der Waals surface area (Å²) >= 11 is 6.03. The summed E-state index contributed by atoms with van der Waals surface area (Å²) in [6, 6.07) is 8.18. The third-order valence-corrected chi connectivity index (χ3v) is 3.66. The number of nitrogens with zero attached hydrogens (tertiary/aromatic N) is 2. The van der Waals surface area contributed by atoms with Crippen molar-refractivity contribution < 1.29 is 18.3 Å². The lowest BCUT2D eigenvalue weighted by molar-refractivity contribution is -0.137. The van der Waals surface area contributed by atoms with Crippen LogP contribution in [0.5, 0.6) is 5.75 Å². The van der Waals surface area contributed by atoms with Gasteiger partial charge in [0, 0.05) is 11.1 Å². The number of phenols is 1. The highest BCUT2D eigenvalue weighted by atomic mass is 35.5. The van der Waals surface area contributed by atoms with Crippen molar-refractivity contribution in [1.29, 1.82) is 0 Å². The fraction of sp³-hybridized carbons (Fsp3) is 0.0625. The van der Waals surface area contributed by atoms with Crippen LogP contribution >= 0.6 is 11.6 Å². The number of phenolic OH excluding ortho intramolecular Hbond substituents is 1. The highest BCUT2D eigenvalue weighted by molar-refractivity contribution is 6.33. The number of hydrogen-bond donors (Lipinski definition) is 2. The van der Waals surface area contributed by atoms with E-state index >= 15 is 0 Å². The van der Waals surface area contributed by atoms with Crippen LogP contribution in [0.4, 0.5) is 13.2 Å². The number of halogens is 4. The molecule has 0 radical (unpaired) electrons. The molecule has 0 aliphatic rings. The van der Waals surface area contributed by atoms with E-state index in [1.54, 1.807) is 0 Å². The fourth-order valence-electron chi connectivity index (χ4n) is 2.14. The van der Waals surface area contributed by atoms with Gasteiger partial charge in [0.05, 0.1) is 10.6 Å². The molecule has 5 nitrogen and oxygen atoms in total. The first-order chi connectivity index (χ1) is 11.7. The van der Waals surface area contributed by atoms with E-state index in [0.29, 0.717) is 0 Å². The van der Waals surface area contributed by atoms with Crippen molar-refractivity contribution in [3.63, 3.8) is 0 Å². The molecule has 0 unspecified atom stereocenters. The number of nitrogens with one attached hydrogen (secondary N) is 1. The molecule has 9 heteroatoms. The van der Waals surface area contributed by atoms with Crippen molar-refractivity contribution in [2.24, 2.45) is 0 Å². The Morgan fingerprint density at radius 2 is 1.72 bits per heavy atom. The van der Waals surface area contributed by atoms with Crippen LogP contribution in [-0.4, -0.2) is 20.1 Å². The molecule has 25 heavy (non-hydrogen) atoms. The lowest BCUT2D eigenvalue weighted by atomic mass is 10.1. The first-order valence-electron chi connectivity index (χ1n) is 6.89. The molecule has 0 saturated heterocycles. The maximum Gasteiger partial charge on any atom is 0.416 e. The lowest BCUT2D eigenvalue weighted by Gasteiger charge is -2.08. The first kappa shape index (κ1) is 17.0. The Kier molecular flexibility index (Phi) is 4.22. The van der Waals surface area contributed by atoms with Crippen molar-refractivity contribution in [3.05, 3.63) is 63.5 Å². The first-order valence-corrected chi connectivity index (χ1v) is 7.27. The van der Waals surface area contributed by atoms with Crippen LogP contribution in [0.1, 0.15) is 5.56 Å². The molecular weight excluding hydrogens is 359 g/mol. The van der Waals surface area contributed by atoms with Gasteiger partial charge in [-0.1, -0.05) is 23.7 Å². The maximum absolute atomic E-state index is 12.6. The van der Waals surface area contributed by atoms with Gasteiger partial charge in [-0.3, -0.25) is 4.98 Å². The van der Waals surface area contributed by atoms with Crippen molar-refractivity contribution in [1.82, 2.24) is 15.0 Å². The minimum Gasteiger partial charge on any atom is -0.508 e. The SMILES string of the molecule is O=c1nc(-c2ccc(C(F)(F)F)cc2)nc(-c2cc(O)ccc2Cl)[nH]1. The van der Waals surface area contributed by atoms with E-state index in [1.165, 1.54) is 30.3 Å². The van der Waals surface area contributed by atoms with E-state index in [0.717, 1.165) is 12.1 Å². The average Bonchev–Trinajstić information content (AvgIpc) is 2.56. The predicted octanol–water partition coefficient (Wildman–Crippen LogP) is 3.88. The van der Waals surface area contributed by atoms with Gasteiger partial charge >= 0.3 is 11.9 Å². The zero-order chi connectivity index (χ0) is 18.2. The van der Waals surface area contributed by atoms with Crippen molar-refractivity contribution in [3.8, 4) is 28.5 Å². The Morgan fingerprint density at radius 3 is 2.36 bits per heavy atom. The predicted molar refractivity (Wildman–Crippen MR) is 85.2 cm³/mol. The molecule has 2 N–H and O–H groups in total. The van der Waals surface area contributed by atoms with Crippen molar-refractivity contribution >= 4 is 11.6 Å². The second kappa shape index (κ2) is 6.21. The number of aromatic amines is 1. The molecular formula is C16H9ClF3N3O2. The van der Waals surface area contributed by atoms with Gasteiger partial charge in [-0.05, 0) is 30.3 Å². The van der Waals surface area contributed by atoms with Gasteiger partial charge in [-0.15, -0.1) is 0 Å². The summed E-state index contributed by atoms with van der Waals surface area (Å²) in [5.74, 6) is -0.113. The average molecular weight is 368 g/mol. The van der Waals surface area contributed by atoms with Crippen molar-refractivity contribution in [2.75, 3.05) is 0 Å². The molecule has 0 aliphatic carbocycles. The van der Waals surface area contributed by atoms with Crippen LogP contribution in [0.3, 0.4) is 0 Å². The molecule has 128 valence electrons. The minimum absolute atomic E-state index is 0.0378. The van der Waals surface area contributed by atoms with E-state index in [-0.39, 0.29) is 33.5 Å². The molecule has 0 amide bonds. The second-order valence-electron chi connectivity index (χ2n) is 5.07. The largest absolute Gasteiger partial charge is 0.508 e. The Balaban J connectivity index is 2.08. The van der Waals surface area contributed by atoms with Gasteiger partial charge in [0.25, 0.3) is 0 Å². The molecule has 3 aromatic rings. The number of H-pyrrole nitrogens is 1. The molecule has 1 heterocycles. The Hall–Kier alpha value is -2.87. The monoisotopic (exact) mass is 367 g/mol. The highest BCUT2D eigenvalue weighted by Crippen LogP contribution is 2.31. The van der Waals surface area contributed by atoms with Gasteiger partial charge in [-0.2, -0.15) is 18.2 Å². The lowest BCUT2D eigenvalue weighted by Crippen LogP contribution is -2.14. The number of aromatic nitrogens is 3. The summed E-state index contributed by atoms with van der Waals surface area (Å²) in [6.07, 6.45) is -4.46. The normalized spacial score (nSPS) is 11.5. The minimum atomic E-state index is -4.46. The summed E-state index contributed by atoms with van der Waals surface area (Å²) < 4.78 is 37.9. The molecule has 3 rings (SSSR count). The van der Waals surface area contributed by atoms with Gasteiger partial charge in [0.2, 0.25) is 0 Å². The van der Waals surface area contributed by atoms with Crippen LogP contribution in [0, 0.1) is 0 Å². The Morgan fingerprint density at radius 1 is 1.04 bits per heavy atom. The van der Waals surface area contributed by atoms with Gasteiger partial charge < -0.3 is 5.11 Å². The standard InChI is InChI=1S/C16H9ClF3N3O2/c17-12-6-5-10(24)7-11(12)14-21-13(22-15(25)23-14)8-1-3-9(4-2-8)16(18,19)20/h1-7,24H,(H,21,22,23,25). The van der Waals surface area contributed by atoms with Crippen LogP contribution < -0.4 is 5.69 Å². The van der Waals surface area contributed by atoms with Gasteiger partial charge in [0.15, 0.2) is 5.82 Å². The highest BCUT2D eigenvalue weighted by Gasteiger charge is 2.30. The summed E-state index contributed by atoms with van der Waals surface area (Å²) in [5, 5.41) is 9.79. The van der Waals surface area contributed by atoms with Crippen molar-refractivity contribution in [2.45, 2.75) is 6.18 Å². The molecule has 0 fully saturated rings. The molecule has 0 aliphatic heterocycles. The number of hydrogen-bond acceptors (Lipinski definition) is 4. The summed E-state index contributed by atoms with van der Waals surface area (Å²) in [5.41, 5.74) is -1.08. The fourth-order valence-corrected chi connectivity index (χ4v) is 2.35. The maximum atomic E-state index is 12.6. The van der Waals surface area contributed by atoms with E-state index < -0.39 is 17.4 Å². The molecule has 1 aromatic heterocycles. The number of aromatic hydroxyl groups is 1. The van der Waals surface area contributed by atoms with E-state index in [2.05, 4.69) is 15.0 Å². The summed E-state index contributed by atoms with van der Waals surface area (Å²) in [7, 11) is 0. The quantitative estimate of drug-likeness (QED) is 0.720. The van der Waals surface area contributed by atoms with Gasteiger partial charge in [0.1, 0.15) is 11.6 Å². The Labute approximate surface area is 143 Å². The third-order valence-electron chi connectivity index (χ3n) is 3.33. The molecule has 0 bridgehead atoms. The molecule has 0 spiro atoms. The topological polar surface area (TPSA) is 78.9 Å². The molecule has 2 aromatic carbocycles. The number of benzene rings is 2. The van der Waals surface area contributed by atoms with Crippen LogP contribution in [-0.2, 0) is 6.18 Å². The molecule has 0 atom stereocenters. The van der Waals surface area contributed by atoms with Crippen LogP contribution in [0.25, 0.3) is 22.8 Å². The summed E-state index contributed by atoms with van der Waals surface area (Å²) in [6.45, 7) is 0. The number of alkyl halides is 3. The van der Waals surface area contributed by atoms with E-state index in [9.17, 15) is 23.1 Å². The van der Waals surface area contributed by atoms with E-state index in [1.807, 2.05) is 0 Å². The number of rotatable bonds is 2.